The van der Waals surface area contributed by atoms with Gasteiger partial charge in [-0.3, -0.25) is 10.1 Å². The first kappa shape index (κ1) is 13.5. The number of rotatable bonds is 3. The molecule has 2 N–H and O–H groups in total. The number of halogens is 1. The molecule has 2 aromatic rings. The number of carbonyl (C=O) groups excluding carboxylic acids is 1. The molecular weight excluding hydrogens is 312 g/mol. The van der Waals surface area contributed by atoms with Crippen LogP contribution in [-0.4, -0.2) is 23.1 Å². The highest BCUT2D eigenvalue weighted by atomic mass is 79.9. The fraction of sp³-hybridized carbons (Fsp3) is 0.250. The van der Waals surface area contributed by atoms with Crippen molar-refractivity contribution >= 4 is 33.5 Å². The van der Waals surface area contributed by atoms with Crippen LogP contribution < -0.4 is 10.6 Å². The predicted molar refractivity (Wildman–Crippen MR) is 75.4 cm³/mol. The molecule has 0 saturated carbocycles. The number of hydrogen-bond donors (Lipinski definition) is 2. The zero-order chi connectivity index (χ0) is 14.0. The van der Waals surface area contributed by atoms with Crippen LogP contribution >= 0.6 is 15.9 Å². The van der Waals surface area contributed by atoms with Crippen LogP contribution in [0.15, 0.2) is 21.3 Å². The summed E-state index contributed by atoms with van der Waals surface area (Å²) in [4.78, 5) is 16.3. The summed E-state index contributed by atoms with van der Waals surface area (Å²) in [6, 6.07) is 1.69. The minimum atomic E-state index is -0.308. The average Bonchev–Trinajstić information content (AvgIpc) is 2.70. The van der Waals surface area contributed by atoms with Gasteiger partial charge in [0.1, 0.15) is 5.82 Å². The SMILES string of the molecule is CNc1ncc(Br)cc1C(=O)Nc1onc(C)c1C. The van der Waals surface area contributed by atoms with Crippen LogP contribution in [0.5, 0.6) is 0 Å². The molecule has 19 heavy (non-hydrogen) atoms. The molecule has 0 aromatic carbocycles. The van der Waals surface area contributed by atoms with E-state index in [2.05, 4.69) is 36.7 Å². The Morgan fingerprint density at radius 3 is 2.74 bits per heavy atom. The maximum absolute atomic E-state index is 12.2. The Labute approximate surface area is 118 Å². The third-order valence-corrected chi connectivity index (χ3v) is 3.15. The summed E-state index contributed by atoms with van der Waals surface area (Å²) in [7, 11) is 1.71. The summed E-state index contributed by atoms with van der Waals surface area (Å²) in [6.45, 7) is 3.65. The molecule has 0 unspecified atom stereocenters. The summed E-state index contributed by atoms with van der Waals surface area (Å²) in [5.74, 6) is 0.538. The van der Waals surface area contributed by atoms with Gasteiger partial charge in [-0.1, -0.05) is 5.16 Å². The molecule has 2 heterocycles. The van der Waals surface area contributed by atoms with Crippen LogP contribution in [0.25, 0.3) is 0 Å². The van der Waals surface area contributed by atoms with Crippen molar-refractivity contribution in [3.05, 3.63) is 33.6 Å². The number of pyridine rings is 1. The topological polar surface area (TPSA) is 80.0 Å². The number of aromatic nitrogens is 2. The molecule has 7 heteroatoms. The van der Waals surface area contributed by atoms with Crippen molar-refractivity contribution in [2.24, 2.45) is 0 Å². The summed E-state index contributed by atoms with van der Waals surface area (Å²) >= 11 is 3.29. The largest absolute Gasteiger partial charge is 0.372 e. The fourth-order valence-corrected chi connectivity index (χ4v) is 1.85. The molecule has 0 saturated heterocycles. The van der Waals surface area contributed by atoms with Crippen molar-refractivity contribution in [2.75, 3.05) is 17.7 Å². The van der Waals surface area contributed by atoms with E-state index in [4.69, 9.17) is 4.52 Å². The van der Waals surface area contributed by atoms with Crippen LogP contribution in [-0.2, 0) is 0 Å². The molecule has 2 aromatic heterocycles. The van der Waals surface area contributed by atoms with Gasteiger partial charge in [0.2, 0.25) is 5.88 Å². The number of nitrogens with one attached hydrogen (secondary N) is 2. The first-order valence-electron chi connectivity index (χ1n) is 5.60. The van der Waals surface area contributed by atoms with E-state index in [0.717, 1.165) is 15.7 Å². The average molecular weight is 325 g/mol. The van der Waals surface area contributed by atoms with Gasteiger partial charge in [0, 0.05) is 23.3 Å². The van der Waals surface area contributed by atoms with Gasteiger partial charge in [-0.15, -0.1) is 0 Å². The van der Waals surface area contributed by atoms with E-state index in [1.807, 2.05) is 13.8 Å². The van der Waals surface area contributed by atoms with Crippen LogP contribution in [0.1, 0.15) is 21.6 Å². The summed E-state index contributed by atoms with van der Waals surface area (Å²) < 4.78 is 5.78. The lowest BCUT2D eigenvalue weighted by Gasteiger charge is -2.08. The highest BCUT2D eigenvalue weighted by Crippen LogP contribution is 2.22. The van der Waals surface area contributed by atoms with Crippen molar-refractivity contribution < 1.29 is 9.32 Å². The molecule has 0 bridgehead atoms. The van der Waals surface area contributed by atoms with Crippen molar-refractivity contribution in [2.45, 2.75) is 13.8 Å². The molecule has 0 aliphatic heterocycles. The van der Waals surface area contributed by atoms with E-state index < -0.39 is 0 Å². The second-order valence-corrected chi connectivity index (χ2v) is 4.89. The summed E-state index contributed by atoms with van der Waals surface area (Å²) in [5.41, 5.74) is 1.98. The van der Waals surface area contributed by atoms with Gasteiger partial charge in [0.15, 0.2) is 0 Å². The molecule has 100 valence electrons. The molecule has 0 fully saturated rings. The van der Waals surface area contributed by atoms with Crippen molar-refractivity contribution in [1.82, 2.24) is 10.1 Å². The van der Waals surface area contributed by atoms with Crippen molar-refractivity contribution in [1.29, 1.82) is 0 Å². The second kappa shape index (κ2) is 5.40. The number of hydrogen-bond acceptors (Lipinski definition) is 5. The zero-order valence-electron chi connectivity index (χ0n) is 10.7. The van der Waals surface area contributed by atoms with E-state index in [1.165, 1.54) is 0 Å². The number of anilines is 2. The smallest absolute Gasteiger partial charge is 0.261 e. The Hall–Kier alpha value is -1.89. The minimum Gasteiger partial charge on any atom is -0.372 e. The quantitative estimate of drug-likeness (QED) is 0.907. The Kier molecular flexibility index (Phi) is 3.84. The molecule has 0 aliphatic carbocycles. The molecular formula is C12H13BrN4O2. The molecule has 0 spiro atoms. The Balaban J connectivity index is 2.30. The molecule has 2 rings (SSSR count). The monoisotopic (exact) mass is 324 g/mol. The third-order valence-electron chi connectivity index (χ3n) is 2.72. The normalized spacial score (nSPS) is 10.3. The lowest BCUT2D eigenvalue weighted by Crippen LogP contribution is -2.15. The maximum Gasteiger partial charge on any atom is 0.261 e. The molecule has 0 aliphatic rings. The highest BCUT2D eigenvalue weighted by molar-refractivity contribution is 9.10. The van der Waals surface area contributed by atoms with Gasteiger partial charge in [-0.25, -0.2) is 4.98 Å². The predicted octanol–water partition coefficient (Wildman–Crippen LogP) is 2.74. The zero-order valence-corrected chi connectivity index (χ0v) is 12.3. The van der Waals surface area contributed by atoms with Crippen molar-refractivity contribution in [3.8, 4) is 0 Å². The first-order valence-corrected chi connectivity index (χ1v) is 6.39. The van der Waals surface area contributed by atoms with Gasteiger partial charge in [0.05, 0.1) is 11.3 Å². The molecule has 0 atom stereocenters. The van der Waals surface area contributed by atoms with E-state index in [1.54, 1.807) is 19.3 Å². The van der Waals surface area contributed by atoms with Gasteiger partial charge in [0.25, 0.3) is 5.91 Å². The lowest BCUT2D eigenvalue weighted by molar-refractivity contribution is 0.102. The Morgan fingerprint density at radius 1 is 1.42 bits per heavy atom. The van der Waals surface area contributed by atoms with Gasteiger partial charge >= 0.3 is 0 Å². The molecule has 0 radical (unpaired) electrons. The Bertz CT molecular complexity index is 624. The minimum absolute atomic E-state index is 0.308. The van der Waals surface area contributed by atoms with E-state index in [0.29, 0.717) is 17.3 Å². The van der Waals surface area contributed by atoms with Gasteiger partial charge in [-0.05, 0) is 35.8 Å². The van der Waals surface area contributed by atoms with Crippen LogP contribution in [0.3, 0.4) is 0 Å². The molecule has 6 nitrogen and oxygen atoms in total. The lowest BCUT2D eigenvalue weighted by atomic mass is 10.2. The van der Waals surface area contributed by atoms with Gasteiger partial charge < -0.3 is 9.84 Å². The number of aryl methyl sites for hydroxylation is 1. The van der Waals surface area contributed by atoms with E-state index in [-0.39, 0.29) is 5.91 Å². The summed E-state index contributed by atoms with van der Waals surface area (Å²) in [5, 5.41) is 9.34. The summed E-state index contributed by atoms with van der Waals surface area (Å²) in [6.07, 6.45) is 1.62. The standard InChI is InChI=1S/C12H13BrN4O2/c1-6-7(2)17-19-12(6)16-11(18)9-4-8(13)5-15-10(9)14-3/h4-5H,1-3H3,(H,14,15)(H,16,18). The first-order chi connectivity index (χ1) is 9.02. The second-order valence-electron chi connectivity index (χ2n) is 3.98. The van der Waals surface area contributed by atoms with Gasteiger partial charge in [-0.2, -0.15) is 0 Å². The van der Waals surface area contributed by atoms with E-state index >= 15 is 0 Å². The number of nitrogens with zero attached hydrogens (tertiary/aromatic N) is 2. The van der Waals surface area contributed by atoms with Crippen LogP contribution in [0, 0.1) is 13.8 Å². The highest BCUT2D eigenvalue weighted by Gasteiger charge is 2.17. The molecule has 1 amide bonds. The maximum atomic E-state index is 12.2. The van der Waals surface area contributed by atoms with E-state index in [9.17, 15) is 4.79 Å². The van der Waals surface area contributed by atoms with Crippen molar-refractivity contribution in [3.63, 3.8) is 0 Å². The number of amides is 1. The van der Waals surface area contributed by atoms with Crippen LogP contribution in [0.4, 0.5) is 11.7 Å². The Morgan fingerprint density at radius 2 is 2.16 bits per heavy atom. The van der Waals surface area contributed by atoms with Crippen LogP contribution in [0.2, 0.25) is 0 Å². The number of carbonyl (C=O) groups is 1. The fourth-order valence-electron chi connectivity index (χ4n) is 1.51. The third kappa shape index (κ3) is 2.76.